The molecule has 1 aliphatic carbocycles. The van der Waals surface area contributed by atoms with E-state index < -0.39 is 24.3 Å². The first-order chi connectivity index (χ1) is 19.5. The van der Waals surface area contributed by atoms with E-state index in [-0.39, 0.29) is 57.9 Å². The summed E-state index contributed by atoms with van der Waals surface area (Å²) in [6.45, 7) is 0.183. The van der Waals surface area contributed by atoms with Gasteiger partial charge >= 0.3 is 5.97 Å². The maximum Gasteiger partial charge on any atom is 0.339 e. The Morgan fingerprint density at radius 3 is 2.67 bits per heavy atom. The lowest BCUT2D eigenvalue weighted by atomic mass is 9.91. The number of hydrogen-bond donors (Lipinski definition) is 4. The van der Waals surface area contributed by atoms with Crippen LogP contribution in [0.5, 0.6) is 0 Å². The Bertz CT molecular complexity index is 1260. The van der Waals surface area contributed by atoms with Gasteiger partial charge in [0.15, 0.2) is 0 Å². The lowest BCUT2D eigenvalue weighted by Gasteiger charge is -2.30. The number of fused-ring (bicyclic) bond motifs is 1. The summed E-state index contributed by atoms with van der Waals surface area (Å²) in [5.74, 6) is -1.25. The second-order valence-electron chi connectivity index (χ2n) is 9.07. The van der Waals surface area contributed by atoms with Crippen LogP contribution in [0.4, 0.5) is 0 Å². The van der Waals surface area contributed by atoms with E-state index in [4.69, 9.17) is 29.2 Å². The van der Waals surface area contributed by atoms with Crippen molar-refractivity contribution in [2.24, 2.45) is 0 Å². The standard InChI is InChI=1S/C29H32N2O9/c32-10-9-30-27(34)21-6-3-4-19(14-21)17-31-28(35)22-15-24-26(39-18-38-24)25(16-22)40-29(36)23-7-2-1-5-20(23)8-12-37-13-11-33/h1-8,12,14-15,24-26,32-33H,9-11,13,16-18H2,(H,30,34)(H,31,35)/t24-,25-,26-/m1/s1. The second kappa shape index (κ2) is 14.4. The van der Waals surface area contributed by atoms with Gasteiger partial charge in [-0.2, -0.15) is 0 Å². The van der Waals surface area contributed by atoms with Gasteiger partial charge in [-0.05, 0) is 41.5 Å². The molecule has 1 saturated heterocycles. The van der Waals surface area contributed by atoms with Gasteiger partial charge in [0.05, 0.1) is 25.0 Å². The molecule has 212 valence electrons. The van der Waals surface area contributed by atoms with Crippen molar-refractivity contribution in [2.75, 3.05) is 33.2 Å². The molecule has 2 aromatic rings. The van der Waals surface area contributed by atoms with E-state index in [1.54, 1.807) is 60.7 Å². The molecule has 3 atom stereocenters. The first kappa shape index (κ1) is 29.0. The molecule has 1 fully saturated rings. The third kappa shape index (κ3) is 7.54. The van der Waals surface area contributed by atoms with E-state index in [1.807, 2.05) is 0 Å². The molecule has 2 amide bonds. The SMILES string of the molecule is O=C(NCc1cccc(C(=O)NCCO)c1)C1=C[C@H]2OCO[C@H]2[C@H](OC(=O)c2ccccc2C=COCCO)C1. The zero-order valence-electron chi connectivity index (χ0n) is 21.8. The van der Waals surface area contributed by atoms with Gasteiger partial charge in [0.1, 0.15) is 31.7 Å². The first-order valence-corrected chi connectivity index (χ1v) is 12.9. The quantitative estimate of drug-likeness (QED) is 0.173. The van der Waals surface area contributed by atoms with Gasteiger partial charge in [0, 0.05) is 30.6 Å². The number of esters is 1. The summed E-state index contributed by atoms with van der Waals surface area (Å²) in [6, 6.07) is 13.7. The molecule has 4 N–H and O–H groups in total. The van der Waals surface area contributed by atoms with Crippen molar-refractivity contribution < 1.29 is 43.5 Å². The number of aliphatic hydroxyl groups excluding tert-OH is 2. The van der Waals surface area contributed by atoms with Gasteiger partial charge in [0.2, 0.25) is 5.91 Å². The van der Waals surface area contributed by atoms with Gasteiger partial charge < -0.3 is 39.8 Å². The minimum Gasteiger partial charge on any atom is -0.499 e. The number of ether oxygens (including phenoxy) is 4. The average molecular weight is 553 g/mol. The molecule has 4 rings (SSSR count). The molecule has 0 aromatic heterocycles. The third-order valence-corrected chi connectivity index (χ3v) is 6.32. The number of aliphatic hydroxyl groups is 2. The van der Waals surface area contributed by atoms with Gasteiger partial charge in [-0.1, -0.05) is 30.3 Å². The van der Waals surface area contributed by atoms with Crippen molar-refractivity contribution >= 4 is 23.9 Å². The number of amides is 2. The molecular weight excluding hydrogens is 520 g/mol. The summed E-state index contributed by atoms with van der Waals surface area (Å²) < 4.78 is 22.3. The number of carbonyl (C=O) groups excluding carboxylic acids is 3. The maximum absolute atomic E-state index is 13.2. The van der Waals surface area contributed by atoms with Crippen molar-refractivity contribution in [3.8, 4) is 0 Å². The molecule has 0 radical (unpaired) electrons. The highest BCUT2D eigenvalue weighted by atomic mass is 16.7. The predicted octanol–water partition coefficient (Wildman–Crippen LogP) is 1.30. The van der Waals surface area contributed by atoms with Gasteiger partial charge in [0.25, 0.3) is 5.91 Å². The fraction of sp³-hybridized carbons (Fsp3) is 0.345. The Labute approximate surface area is 231 Å². The Morgan fingerprint density at radius 2 is 1.85 bits per heavy atom. The minimum atomic E-state index is -0.757. The number of nitrogens with one attached hydrogen (secondary N) is 2. The molecule has 0 spiro atoms. The highest BCUT2D eigenvalue weighted by Gasteiger charge is 2.42. The van der Waals surface area contributed by atoms with Crippen molar-refractivity contribution in [3.05, 3.63) is 88.7 Å². The minimum absolute atomic E-state index is 0.0153. The zero-order chi connectivity index (χ0) is 28.3. The molecule has 0 saturated carbocycles. The van der Waals surface area contributed by atoms with Crippen LogP contribution in [0.15, 0.2) is 66.4 Å². The van der Waals surface area contributed by atoms with Crippen molar-refractivity contribution in [3.63, 3.8) is 0 Å². The third-order valence-electron chi connectivity index (χ3n) is 6.32. The largest absolute Gasteiger partial charge is 0.499 e. The second-order valence-corrected chi connectivity index (χ2v) is 9.07. The Hall–Kier alpha value is -4.03. The lowest BCUT2D eigenvalue weighted by Crippen LogP contribution is -2.43. The van der Waals surface area contributed by atoms with Crippen molar-refractivity contribution in [2.45, 2.75) is 31.3 Å². The van der Waals surface area contributed by atoms with E-state index in [0.29, 0.717) is 22.3 Å². The number of hydrogen-bond acceptors (Lipinski definition) is 9. The number of rotatable bonds is 12. The number of benzene rings is 2. The van der Waals surface area contributed by atoms with Crippen LogP contribution in [-0.2, 0) is 30.3 Å². The van der Waals surface area contributed by atoms with Crippen LogP contribution in [0.2, 0.25) is 0 Å². The van der Waals surface area contributed by atoms with Crippen LogP contribution in [0.3, 0.4) is 0 Å². The van der Waals surface area contributed by atoms with E-state index in [9.17, 15) is 14.4 Å². The number of carbonyl (C=O) groups is 3. The molecular formula is C29H32N2O9. The zero-order valence-corrected chi connectivity index (χ0v) is 21.8. The molecule has 0 bridgehead atoms. The topological polar surface area (TPSA) is 153 Å². The molecule has 40 heavy (non-hydrogen) atoms. The molecule has 1 aliphatic heterocycles. The fourth-order valence-electron chi connectivity index (χ4n) is 4.39. The van der Waals surface area contributed by atoms with E-state index in [0.717, 1.165) is 5.56 Å². The van der Waals surface area contributed by atoms with E-state index in [2.05, 4.69) is 10.6 Å². The van der Waals surface area contributed by atoms with Crippen LogP contribution in [0.1, 0.15) is 38.3 Å². The Balaban J connectivity index is 1.40. The molecule has 11 heteroatoms. The predicted molar refractivity (Wildman–Crippen MR) is 143 cm³/mol. The summed E-state index contributed by atoms with van der Waals surface area (Å²) in [7, 11) is 0. The molecule has 2 aliphatic rings. The molecule has 11 nitrogen and oxygen atoms in total. The van der Waals surface area contributed by atoms with Crippen LogP contribution in [0.25, 0.3) is 6.08 Å². The summed E-state index contributed by atoms with van der Waals surface area (Å²) in [4.78, 5) is 38.4. The molecule has 1 heterocycles. The fourth-order valence-corrected chi connectivity index (χ4v) is 4.39. The summed E-state index contributed by atoms with van der Waals surface area (Å²) >= 11 is 0. The monoisotopic (exact) mass is 552 g/mol. The van der Waals surface area contributed by atoms with Crippen LogP contribution >= 0.6 is 0 Å². The van der Waals surface area contributed by atoms with Crippen LogP contribution < -0.4 is 10.6 Å². The van der Waals surface area contributed by atoms with E-state index in [1.165, 1.54) is 6.26 Å². The molecule has 2 aromatic carbocycles. The van der Waals surface area contributed by atoms with Gasteiger partial charge in [-0.15, -0.1) is 0 Å². The maximum atomic E-state index is 13.2. The first-order valence-electron chi connectivity index (χ1n) is 12.9. The summed E-state index contributed by atoms with van der Waals surface area (Å²) in [5, 5.41) is 23.2. The normalized spacial score (nSPS) is 19.9. The van der Waals surface area contributed by atoms with Crippen LogP contribution in [0, 0.1) is 0 Å². The summed E-state index contributed by atoms with van der Waals surface area (Å²) in [5.41, 5.74) is 2.41. The lowest BCUT2D eigenvalue weighted by molar-refractivity contribution is -0.118. The highest BCUT2D eigenvalue weighted by molar-refractivity contribution is 5.96. The van der Waals surface area contributed by atoms with Crippen molar-refractivity contribution in [1.82, 2.24) is 10.6 Å². The Morgan fingerprint density at radius 1 is 1.00 bits per heavy atom. The van der Waals surface area contributed by atoms with Crippen molar-refractivity contribution in [1.29, 1.82) is 0 Å². The Kier molecular flexibility index (Phi) is 10.4. The average Bonchev–Trinajstić information content (AvgIpc) is 3.46. The van der Waals surface area contributed by atoms with Gasteiger partial charge in [-0.3, -0.25) is 9.59 Å². The summed E-state index contributed by atoms with van der Waals surface area (Å²) in [6.07, 6.45) is 2.96. The van der Waals surface area contributed by atoms with E-state index >= 15 is 0 Å². The van der Waals surface area contributed by atoms with Crippen LogP contribution in [-0.4, -0.2) is 79.5 Å². The highest BCUT2D eigenvalue weighted by Crippen LogP contribution is 2.31. The smallest absolute Gasteiger partial charge is 0.339 e. The van der Waals surface area contributed by atoms with Gasteiger partial charge in [-0.25, -0.2) is 4.79 Å². The molecule has 0 unspecified atom stereocenters.